The molecule has 108 valence electrons. The Bertz CT molecular complexity index is 521. The van der Waals surface area contributed by atoms with Crippen molar-refractivity contribution in [3.05, 3.63) is 30.1 Å². The first-order chi connectivity index (χ1) is 9.59. The molecule has 1 aliphatic rings. The van der Waals surface area contributed by atoms with E-state index in [0.717, 1.165) is 5.69 Å². The number of carboxylic acid groups (broad SMARTS) is 1. The van der Waals surface area contributed by atoms with Gasteiger partial charge in [0.25, 0.3) is 0 Å². The zero-order chi connectivity index (χ0) is 14.5. The number of carboxylic acids is 1. The van der Waals surface area contributed by atoms with Crippen molar-refractivity contribution in [2.45, 2.75) is 19.3 Å². The number of rotatable bonds is 5. The van der Waals surface area contributed by atoms with Crippen LogP contribution in [0.2, 0.25) is 0 Å². The van der Waals surface area contributed by atoms with Crippen molar-refractivity contribution in [1.82, 2.24) is 15.1 Å². The summed E-state index contributed by atoms with van der Waals surface area (Å²) in [4.78, 5) is 23.2. The lowest BCUT2D eigenvalue weighted by molar-refractivity contribution is -0.147. The van der Waals surface area contributed by atoms with E-state index in [1.54, 1.807) is 10.9 Å². The van der Waals surface area contributed by atoms with E-state index in [4.69, 9.17) is 5.11 Å². The molecule has 6 heteroatoms. The molecule has 0 aliphatic heterocycles. The van der Waals surface area contributed by atoms with Crippen LogP contribution in [0.25, 0.3) is 0 Å². The molecule has 20 heavy (non-hydrogen) atoms. The monoisotopic (exact) mass is 277 g/mol. The summed E-state index contributed by atoms with van der Waals surface area (Å²) in [5.74, 6) is -2.16. The second-order valence-corrected chi connectivity index (χ2v) is 4.98. The Kier molecular flexibility index (Phi) is 4.55. The van der Waals surface area contributed by atoms with Gasteiger partial charge in [-0.05, 0) is 18.9 Å². The SMILES string of the molecule is Cn1nccc1CCNC(=O)C1CC=CCC1C(=O)O. The summed E-state index contributed by atoms with van der Waals surface area (Å²) in [7, 11) is 1.85. The lowest BCUT2D eigenvalue weighted by Crippen LogP contribution is -2.39. The van der Waals surface area contributed by atoms with Gasteiger partial charge in [0.15, 0.2) is 0 Å². The van der Waals surface area contributed by atoms with Gasteiger partial charge in [0.2, 0.25) is 5.91 Å². The molecule has 1 heterocycles. The largest absolute Gasteiger partial charge is 0.481 e. The number of allylic oxidation sites excluding steroid dienone is 2. The second kappa shape index (κ2) is 6.36. The summed E-state index contributed by atoms with van der Waals surface area (Å²) in [5, 5.41) is 16.0. The number of amides is 1. The number of hydrogen-bond acceptors (Lipinski definition) is 3. The molecule has 1 aromatic rings. The van der Waals surface area contributed by atoms with Crippen LogP contribution in [0, 0.1) is 11.8 Å². The van der Waals surface area contributed by atoms with E-state index in [0.29, 0.717) is 25.8 Å². The Morgan fingerprint density at radius 3 is 2.70 bits per heavy atom. The van der Waals surface area contributed by atoms with Crippen molar-refractivity contribution in [3.8, 4) is 0 Å². The Labute approximate surface area is 117 Å². The Morgan fingerprint density at radius 2 is 2.10 bits per heavy atom. The van der Waals surface area contributed by atoms with Crippen LogP contribution in [0.1, 0.15) is 18.5 Å². The number of carbonyl (C=O) groups is 2. The fourth-order valence-corrected chi connectivity index (χ4v) is 2.47. The highest BCUT2D eigenvalue weighted by Gasteiger charge is 2.33. The van der Waals surface area contributed by atoms with Crippen LogP contribution >= 0.6 is 0 Å². The molecule has 1 amide bonds. The Morgan fingerprint density at radius 1 is 1.40 bits per heavy atom. The van der Waals surface area contributed by atoms with E-state index >= 15 is 0 Å². The van der Waals surface area contributed by atoms with Crippen molar-refractivity contribution in [2.75, 3.05) is 6.54 Å². The first kappa shape index (κ1) is 14.3. The van der Waals surface area contributed by atoms with Crippen LogP contribution in [0.5, 0.6) is 0 Å². The summed E-state index contributed by atoms with van der Waals surface area (Å²) in [6.07, 6.45) is 7.03. The van der Waals surface area contributed by atoms with Crippen molar-refractivity contribution in [1.29, 1.82) is 0 Å². The molecule has 2 unspecified atom stereocenters. The predicted octanol–water partition coefficient (Wildman–Crippen LogP) is 0.746. The average molecular weight is 277 g/mol. The van der Waals surface area contributed by atoms with E-state index in [9.17, 15) is 9.59 Å². The lowest BCUT2D eigenvalue weighted by Gasteiger charge is -2.24. The maximum absolute atomic E-state index is 12.1. The Hall–Kier alpha value is -2.11. The molecule has 0 saturated heterocycles. The van der Waals surface area contributed by atoms with Crippen LogP contribution in [0.3, 0.4) is 0 Å². The molecule has 0 spiro atoms. The molecule has 0 bridgehead atoms. The molecule has 2 rings (SSSR count). The summed E-state index contributed by atoms with van der Waals surface area (Å²) in [6.45, 7) is 0.491. The van der Waals surface area contributed by atoms with Crippen LogP contribution in [0.4, 0.5) is 0 Å². The molecule has 0 saturated carbocycles. The zero-order valence-electron chi connectivity index (χ0n) is 11.5. The van der Waals surface area contributed by atoms with Crippen LogP contribution in [-0.4, -0.2) is 33.3 Å². The molecule has 6 nitrogen and oxygen atoms in total. The molecular formula is C14H19N3O3. The number of hydrogen-bond donors (Lipinski definition) is 2. The van der Waals surface area contributed by atoms with Crippen molar-refractivity contribution >= 4 is 11.9 Å². The predicted molar refractivity (Wildman–Crippen MR) is 72.9 cm³/mol. The summed E-state index contributed by atoms with van der Waals surface area (Å²) >= 11 is 0. The third-order valence-electron chi connectivity index (χ3n) is 3.69. The van der Waals surface area contributed by atoms with E-state index in [1.165, 1.54) is 0 Å². The van der Waals surface area contributed by atoms with Gasteiger partial charge in [-0.25, -0.2) is 0 Å². The third kappa shape index (κ3) is 3.26. The standard InChI is InChI=1S/C14H19N3O3/c1-17-10(7-9-16-17)6-8-15-13(18)11-4-2-3-5-12(11)14(19)20/h2-3,7,9,11-12H,4-6,8H2,1H3,(H,15,18)(H,19,20). The van der Waals surface area contributed by atoms with E-state index in [1.807, 2.05) is 25.3 Å². The van der Waals surface area contributed by atoms with Gasteiger partial charge in [-0.3, -0.25) is 14.3 Å². The normalized spacial score (nSPS) is 21.6. The Balaban J connectivity index is 1.86. The molecular weight excluding hydrogens is 258 g/mol. The van der Waals surface area contributed by atoms with E-state index in [2.05, 4.69) is 10.4 Å². The van der Waals surface area contributed by atoms with Gasteiger partial charge in [0, 0.05) is 31.9 Å². The minimum atomic E-state index is -0.902. The first-order valence-electron chi connectivity index (χ1n) is 6.72. The topological polar surface area (TPSA) is 84.2 Å². The van der Waals surface area contributed by atoms with Gasteiger partial charge in [0.1, 0.15) is 0 Å². The summed E-state index contributed by atoms with van der Waals surface area (Å²) in [6, 6.07) is 1.90. The van der Waals surface area contributed by atoms with Gasteiger partial charge in [-0.1, -0.05) is 12.2 Å². The molecule has 1 aliphatic carbocycles. The summed E-state index contributed by atoms with van der Waals surface area (Å²) in [5.41, 5.74) is 1.03. The van der Waals surface area contributed by atoms with Gasteiger partial charge in [-0.2, -0.15) is 5.10 Å². The first-order valence-corrected chi connectivity index (χ1v) is 6.72. The van der Waals surface area contributed by atoms with Gasteiger partial charge in [0.05, 0.1) is 11.8 Å². The maximum Gasteiger partial charge on any atom is 0.307 e. The van der Waals surface area contributed by atoms with Crippen molar-refractivity contribution < 1.29 is 14.7 Å². The molecule has 0 aromatic carbocycles. The van der Waals surface area contributed by atoms with Crippen LogP contribution in [0.15, 0.2) is 24.4 Å². The molecule has 2 atom stereocenters. The van der Waals surface area contributed by atoms with Gasteiger partial charge < -0.3 is 10.4 Å². The van der Waals surface area contributed by atoms with Crippen LogP contribution in [-0.2, 0) is 23.1 Å². The van der Waals surface area contributed by atoms with E-state index in [-0.39, 0.29) is 5.91 Å². The van der Waals surface area contributed by atoms with Crippen LogP contribution < -0.4 is 5.32 Å². The number of carbonyl (C=O) groups excluding carboxylic acids is 1. The number of aliphatic carboxylic acids is 1. The highest BCUT2D eigenvalue weighted by molar-refractivity contribution is 5.85. The maximum atomic E-state index is 12.1. The number of nitrogens with zero attached hydrogens (tertiary/aromatic N) is 2. The molecule has 2 N–H and O–H groups in total. The third-order valence-corrected chi connectivity index (χ3v) is 3.69. The second-order valence-electron chi connectivity index (χ2n) is 4.98. The number of aromatic nitrogens is 2. The number of aryl methyl sites for hydroxylation is 1. The highest BCUT2D eigenvalue weighted by atomic mass is 16.4. The molecule has 1 aromatic heterocycles. The number of nitrogens with one attached hydrogen (secondary N) is 1. The zero-order valence-corrected chi connectivity index (χ0v) is 11.5. The summed E-state index contributed by atoms with van der Waals surface area (Å²) < 4.78 is 1.76. The smallest absolute Gasteiger partial charge is 0.307 e. The fourth-order valence-electron chi connectivity index (χ4n) is 2.47. The van der Waals surface area contributed by atoms with Crippen molar-refractivity contribution in [3.63, 3.8) is 0 Å². The highest BCUT2D eigenvalue weighted by Crippen LogP contribution is 2.25. The fraction of sp³-hybridized carbons (Fsp3) is 0.500. The lowest BCUT2D eigenvalue weighted by atomic mass is 9.82. The quantitative estimate of drug-likeness (QED) is 0.778. The average Bonchev–Trinajstić information content (AvgIpc) is 2.84. The van der Waals surface area contributed by atoms with Gasteiger partial charge >= 0.3 is 5.97 Å². The minimum absolute atomic E-state index is 0.177. The van der Waals surface area contributed by atoms with Gasteiger partial charge in [-0.15, -0.1) is 0 Å². The van der Waals surface area contributed by atoms with E-state index < -0.39 is 17.8 Å². The molecule has 0 radical (unpaired) electrons. The molecule has 0 fully saturated rings. The van der Waals surface area contributed by atoms with Crippen molar-refractivity contribution in [2.24, 2.45) is 18.9 Å². The minimum Gasteiger partial charge on any atom is -0.481 e.